The highest BCUT2D eigenvalue weighted by Crippen LogP contribution is 2.39. The van der Waals surface area contributed by atoms with Crippen molar-refractivity contribution in [3.05, 3.63) is 65.2 Å². The Kier molecular flexibility index (Phi) is 9.12. The number of hydrogen-bond donors (Lipinski definition) is 1. The van der Waals surface area contributed by atoms with Crippen molar-refractivity contribution in [1.29, 1.82) is 0 Å². The van der Waals surface area contributed by atoms with E-state index in [4.69, 9.17) is 4.74 Å². The highest BCUT2D eigenvalue weighted by atomic mass is 32.2. The quantitative estimate of drug-likeness (QED) is 0.258. The molecule has 37 heavy (non-hydrogen) atoms. The van der Waals surface area contributed by atoms with E-state index in [2.05, 4.69) is 0 Å². The lowest BCUT2D eigenvalue weighted by molar-refractivity contribution is -0.858. The number of amides is 1. The number of quaternary nitrogens is 1. The largest absolute Gasteiger partial charge is 0.872 e. The molecule has 1 N–H and O–H groups in total. The molecule has 10 heteroatoms. The van der Waals surface area contributed by atoms with E-state index in [0.717, 1.165) is 17.3 Å². The third-order valence-electron chi connectivity index (χ3n) is 6.17. The molecule has 1 aliphatic rings. The molecule has 0 spiro atoms. The molecule has 0 saturated carbocycles. The Morgan fingerprint density at radius 3 is 2.22 bits per heavy atom. The molecule has 1 heterocycles. The average molecular weight is 530 g/mol. The number of nitrogens with one attached hydrogen (secondary N) is 1. The number of carbonyl (C=O) groups excluding carboxylic acids is 2. The van der Waals surface area contributed by atoms with E-state index in [9.17, 15) is 23.1 Å². The fourth-order valence-electron chi connectivity index (χ4n) is 4.16. The number of hydrogen-bond acceptors (Lipinski definition) is 6. The summed E-state index contributed by atoms with van der Waals surface area (Å²) in [5.41, 5.74) is 0.643. The van der Waals surface area contributed by atoms with Gasteiger partial charge in [0.2, 0.25) is 15.8 Å². The molecule has 0 radical (unpaired) electrons. The van der Waals surface area contributed by atoms with E-state index in [-0.39, 0.29) is 16.0 Å². The van der Waals surface area contributed by atoms with Crippen LogP contribution in [0.3, 0.4) is 0 Å². The van der Waals surface area contributed by atoms with Crippen LogP contribution in [-0.2, 0) is 19.6 Å². The van der Waals surface area contributed by atoms with Crippen LogP contribution in [0.25, 0.3) is 5.76 Å². The molecular weight excluding hydrogens is 494 g/mol. The summed E-state index contributed by atoms with van der Waals surface area (Å²) in [6.45, 7) is 3.69. The molecule has 1 atom stereocenters. The van der Waals surface area contributed by atoms with Gasteiger partial charge in [0.15, 0.2) is 0 Å². The maximum atomic E-state index is 13.6. The van der Waals surface area contributed by atoms with Crippen molar-refractivity contribution < 1.29 is 32.8 Å². The fraction of sp³-hybridized carbons (Fsp3) is 0.407. The summed E-state index contributed by atoms with van der Waals surface area (Å²) in [6.07, 6.45) is 1.52. The van der Waals surface area contributed by atoms with Crippen molar-refractivity contribution in [2.45, 2.75) is 30.7 Å². The van der Waals surface area contributed by atoms with Gasteiger partial charge in [-0.2, -0.15) is 0 Å². The van der Waals surface area contributed by atoms with E-state index in [1.54, 1.807) is 24.3 Å². The zero-order valence-electron chi connectivity index (χ0n) is 22.0. The van der Waals surface area contributed by atoms with Crippen LogP contribution in [0.1, 0.15) is 36.9 Å². The van der Waals surface area contributed by atoms with E-state index in [1.807, 2.05) is 21.0 Å². The van der Waals surface area contributed by atoms with Gasteiger partial charge in [-0.3, -0.25) is 9.59 Å². The van der Waals surface area contributed by atoms with Gasteiger partial charge in [-0.15, -0.1) is 0 Å². The average Bonchev–Trinajstić information content (AvgIpc) is 3.12. The van der Waals surface area contributed by atoms with Gasteiger partial charge < -0.3 is 19.6 Å². The predicted octanol–water partition coefficient (Wildman–Crippen LogP) is 0.484. The molecule has 1 fully saturated rings. The second-order valence-electron chi connectivity index (χ2n) is 9.51. The Balaban J connectivity index is 2.05. The van der Waals surface area contributed by atoms with Gasteiger partial charge in [-0.05, 0) is 41.8 Å². The highest BCUT2D eigenvalue weighted by Gasteiger charge is 2.44. The molecule has 9 nitrogen and oxygen atoms in total. The van der Waals surface area contributed by atoms with Gasteiger partial charge in [-0.1, -0.05) is 36.9 Å². The normalized spacial score (nSPS) is 17.7. The number of rotatable bonds is 11. The molecule has 3 rings (SSSR count). The number of benzene rings is 2. The summed E-state index contributed by atoms with van der Waals surface area (Å²) in [7, 11) is 3.17. The molecule has 200 valence electrons. The molecule has 1 saturated heterocycles. The molecule has 1 aliphatic heterocycles. The molecule has 2 aromatic carbocycles. The minimum atomic E-state index is -3.68. The van der Waals surface area contributed by atoms with Gasteiger partial charge in [0, 0.05) is 32.6 Å². The molecule has 1 amide bonds. The summed E-state index contributed by atoms with van der Waals surface area (Å²) in [6, 6.07) is 11.6. The first-order chi connectivity index (χ1) is 17.5. The van der Waals surface area contributed by atoms with Crippen LogP contribution in [0, 0.1) is 0 Å². The second kappa shape index (κ2) is 11.9. The Morgan fingerprint density at radius 2 is 1.68 bits per heavy atom. The van der Waals surface area contributed by atoms with Crippen LogP contribution in [-0.4, -0.2) is 77.2 Å². The lowest BCUT2D eigenvalue weighted by Crippen LogP contribution is -3.05. The number of ketones is 1. The smallest absolute Gasteiger partial charge is 0.295 e. The number of likely N-dealkylation sites (tertiary alicyclic amines) is 1. The van der Waals surface area contributed by atoms with Crippen molar-refractivity contribution in [2.75, 3.05) is 47.9 Å². The molecule has 1 unspecified atom stereocenters. The fourth-order valence-corrected chi connectivity index (χ4v) is 5.06. The predicted molar refractivity (Wildman–Crippen MR) is 138 cm³/mol. The number of ether oxygens (including phenoxy) is 1. The standard InChI is InChI=1S/C27H35N3O6S/c1-6-18-36-21-12-8-19(9-13-21)24-23(26(32)27(33)30(24)17-7-16-28(2)3)25(31)20-10-14-22(15-11-20)37(34,35)29(4)5/h8-15,24,31H,6-7,16-18H2,1-5H3. The van der Waals surface area contributed by atoms with Crippen LogP contribution < -0.4 is 14.7 Å². The van der Waals surface area contributed by atoms with Gasteiger partial charge >= 0.3 is 0 Å². The van der Waals surface area contributed by atoms with Gasteiger partial charge in [0.1, 0.15) is 5.75 Å². The minimum Gasteiger partial charge on any atom is -0.872 e. The van der Waals surface area contributed by atoms with Gasteiger partial charge in [0.25, 0.3) is 5.91 Å². The van der Waals surface area contributed by atoms with Crippen LogP contribution >= 0.6 is 0 Å². The Hall–Kier alpha value is -3.21. The van der Waals surface area contributed by atoms with E-state index < -0.39 is 33.5 Å². The lowest BCUT2D eigenvalue weighted by atomic mass is 9.95. The summed E-state index contributed by atoms with van der Waals surface area (Å²) < 4.78 is 31.5. The zero-order chi connectivity index (χ0) is 27.3. The van der Waals surface area contributed by atoms with Crippen LogP contribution in [0.15, 0.2) is 59.0 Å². The number of nitrogens with zero attached hydrogens (tertiary/aromatic N) is 2. The van der Waals surface area contributed by atoms with Crippen molar-refractivity contribution in [2.24, 2.45) is 0 Å². The van der Waals surface area contributed by atoms with Gasteiger partial charge in [-0.25, -0.2) is 12.7 Å². The second-order valence-corrected chi connectivity index (χ2v) is 11.7. The molecular formula is C27H35N3O6S. The van der Waals surface area contributed by atoms with Crippen LogP contribution in [0.2, 0.25) is 0 Å². The number of Topliss-reactive ketones (excluding diaryl/α,β-unsaturated/α-hetero) is 1. The van der Waals surface area contributed by atoms with Crippen molar-refractivity contribution in [3.63, 3.8) is 0 Å². The number of carbonyl (C=O) groups is 2. The Morgan fingerprint density at radius 1 is 1.05 bits per heavy atom. The maximum absolute atomic E-state index is 13.6. The third-order valence-corrected chi connectivity index (χ3v) is 8.00. The first-order valence-corrected chi connectivity index (χ1v) is 13.7. The van der Waals surface area contributed by atoms with E-state index in [0.29, 0.717) is 30.9 Å². The topological polar surface area (TPSA) is 111 Å². The zero-order valence-corrected chi connectivity index (χ0v) is 22.8. The third kappa shape index (κ3) is 6.20. The highest BCUT2D eigenvalue weighted by molar-refractivity contribution is 7.89. The maximum Gasteiger partial charge on any atom is 0.295 e. The summed E-state index contributed by atoms with van der Waals surface area (Å²) in [5, 5.41) is 13.6. The molecule has 2 aromatic rings. The number of sulfonamides is 1. The summed E-state index contributed by atoms with van der Waals surface area (Å²) in [4.78, 5) is 28.9. The molecule has 0 aliphatic carbocycles. The lowest BCUT2D eigenvalue weighted by Gasteiger charge is -2.28. The molecule has 0 bridgehead atoms. The monoisotopic (exact) mass is 529 g/mol. The van der Waals surface area contributed by atoms with Crippen molar-refractivity contribution in [1.82, 2.24) is 9.21 Å². The first-order valence-electron chi connectivity index (χ1n) is 12.3. The van der Waals surface area contributed by atoms with Crippen LogP contribution in [0.4, 0.5) is 0 Å². The minimum absolute atomic E-state index is 0.0277. The van der Waals surface area contributed by atoms with E-state index in [1.165, 1.54) is 48.2 Å². The summed E-state index contributed by atoms with van der Waals surface area (Å²) >= 11 is 0. The Labute approximate surface area is 219 Å². The van der Waals surface area contributed by atoms with Crippen molar-refractivity contribution >= 4 is 27.5 Å². The van der Waals surface area contributed by atoms with E-state index >= 15 is 0 Å². The summed E-state index contributed by atoms with van der Waals surface area (Å²) in [5.74, 6) is -1.47. The van der Waals surface area contributed by atoms with Gasteiger partial charge in [0.05, 0.1) is 38.2 Å². The SMILES string of the molecule is CCCOc1ccc(C2C(=C([O-])c3ccc(S(=O)(=O)N(C)C)cc3)C(=O)C(=O)N2CCC[NH+](C)C)cc1. The van der Waals surface area contributed by atoms with Crippen LogP contribution in [0.5, 0.6) is 5.75 Å². The van der Waals surface area contributed by atoms with Crippen molar-refractivity contribution in [3.8, 4) is 5.75 Å². The first kappa shape index (κ1) is 28.4. The molecule has 0 aromatic heterocycles. The Bertz CT molecular complexity index is 1250.